The lowest BCUT2D eigenvalue weighted by atomic mass is 10.4. The lowest BCUT2D eigenvalue weighted by Gasteiger charge is -1.90. The van der Waals surface area contributed by atoms with Gasteiger partial charge in [0.05, 0.1) is 24.5 Å². The average Bonchev–Trinajstić information content (AvgIpc) is 3.00. The number of nitrogens with zero attached hydrogens (tertiary/aromatic N) is 2. The van der Waals surface area contributed by atoms with Crippen molar-refractivity contribution in [2.45, 2.75) is 0 Å². The van der Waals surface area contributed by atoms with E-state index in [-0.39, 0.29) is 10.1 Å². The lowest BCUT2D eigenvalue weighted by molar-refractivity contribution is -0.135. The zero-order valence-corrected chi connectivity index (χ0v) is 10.6. The molecule has 19 heavy (non-hydrogen) atoms. The highest BCUT2D eigenvalue weighted by Crippen LogP contribution is 2.23. The van der Waals surface area contributed by atoms with E-state index in [1.165, 1.54) is 19.6 Å². The van der Waals surface area contributed by atoms with Crippen LogP contribution in [0, 0.1) is 0 Å². The normalized spacial score (nSPS) is 19.3. The van der Waals surface area contributed by atoms with Crippen molar-refractivity contribution >= 4 is 35.0 Å². The number of furan rings is 1. The molecule has 1 saturated heterocycles. The third-order valence-electron chi connectivity index (χ3n) is 1.98. The van der Waals surface area contributed by atoms with Crippen LogP contribution < -0.4 is 5.32 Å². The van der Waals surface area contributed by atoms with Gasteiger partial charge in [0, 0.05) is 6.08 Å². The van der Waals surface area contributed by atoms with Crippen LogP contribution in [0.25, 0.3) is 0 Å². The van der Waals surface area contributed by atoms with Crippen molar-refractivity contribution in [2.75, 3.05) is 7.11 Å². The Balaban J connectivity index is 2.02. The number of methoxy groups -OCH3 is 1. The summed E-state index contributed by atoms with van der Waals surface area (Å²) < 4.78 is 9.46. The van der Waals surface area contributed by atoms with E-state index >= 15 is 0 Å². The van der Waals surface area contributed by atoms with Crippen LogP contribution in [0.1, 0.15) is 5.76 Å². The van der Waals surface area contributed by atoms with Crippen LogP contribution in [0.5, 0.6) is 0 Å². The fourth-order valence-electron chi connectivity index (χ4n) is 1.14. The summed E-state index contributed by atoms with van der Waals surface area (Å²) in [5.41, 5.74) is 0. The van der Waals surface area contributed by atoms with Crippen molar-refractivity contribution in [1.29, 1.82) is 0 Å². The summed E-state index contributed by atoms with van der Waals surface area (Å²) in [6.07, 6.45) is 4.01. The summed E-state index contributed by atoms with van der Waals surface area (Å²) in [4.78, 5) is 22.7. The molecule has 0 aliphatic carbocycles. The van der Waals surface area contributed by atoms with Crippen LogP contribution in [-0.4, -0.2) is 30.4 Å². The quantitative estimate of drug-likeness (QED) is 0.384. The van der Waals surface area contributed by atoms with Gasteiger partial charge in [-0.15, -0.1) is 5.10 Å². The molecule has 0 radical (unpaired) electrons. The Morgan fingerprint density at radius 1 is 1.58 bits per heavy atom. The van der Waals surface area contributed by atoms with Gasteiger partial charge in [0.25, 0.3) is 5.91 Å². The van der Waals surface area contributed by atoms with E-state index in [2.05, 4.69) is 20.3 Å². The molecule has 7 nitrogen and oxygen atoms in total. The van der Waals surface area contributed by atoms with Crippen molar-refractivity contribution in [3.8, 4) is 0 Å². The van der Waals surface area contributed by atoms with E-state index in [0.717, 1.165) is 17.8 Å². The number of carbonyl (C=O) groups excluding carboxylic acids is 2. The van der Waals surface area contributed by atoms with Crippen molar-refractivity contribution in [2.24, 2.45) is 10.2 Å². The van der Waals surface area contributed by atoms with Crippen molar-refractivity contribution in [3.05, 3.63) is 35.1 Å². The second kappa shape index (κ2) is 6.01. The number of hydrogen-bond donors (Lipinski definition) is 1. The van der Waals surface area contributed by atoms with Gasteiger partial charge in [-0.25, -0.2) is 4.79 Å². The maximum atomic E-state index is 11.5. The number of ether oxygens (including phenoxy) is 1. The zero-order valence-electron chi connectivity index (χ0n) is 9.82. The van der Waals surface area contributed by atoms with Gasteiger partial charge in [0.2, 0.25) is 0 Å². The average molecular weight is 279 g/mol. The molecule has 8 heteroatoms. The molecule has 1 fully saturated rings. The molecular formula is C11H9N3O4S. The highest BCUT2D eigenvalue weighted by atomic mass is 32.2. The van der Waals surface area contributed by atoms with Crippen LogP contribution >= 0.6 is 11.8 Å². The zero-order chi connectivity index (χ0) is 13.7. The number of carbonyl (C=O) groups is 2. The molecule has 0 bridgehead atoms. The van der Waals surface area contributed by atoms with E-state index in [9.17, 15) is 9.59 Å². The van der Waals surface area contributed by atoms with E-state index in [4.69, 9.17) is 4.42 Å². The Morgan fingerprint density at radius 3 is 3.11 bits per heavy atom. The molecule has 1 aliphatic heterocycles. The second-order valence-electron chi connectivity index (χ2n) is 3.25. The molecule has 1 aromatic heterocycles. The maximum absolute atomic E-state index is 11.5. The first kappa shape index (κ1) is 13.1. The first-order chi connectivity index (χ1) is 9.19. The highest BCUT2D eigenvalue weighted by molar-refractivity contribution is 8.18. The minimum Gasteiger partial charge on any atom is -0.466 e. The van der Waals surface area contributed by atoms with E-state index in [1.54, 1.807) is 12.1 Å². The molecule has 0 saturated carbocycles. The fraction of sp³-hybridized carbons (Fsp3) is 0.0909. The number of amidine groups is 1. The number of amides is 1. The fourth-order valence-corrected chi connectivity index (χ4v) is 1.88. The van der Waals surface area contributed by atoms with Crippen LogP contribution in [0.3, 0.4) is 0 Å². The topological polar surface area (TPSA) is 93.3 Å². The van der Waals surface area contributed by atoms with Gasteiger partial charge < -0.3 is 9.15 Å². The summed E-state index contributed by atoms with van der Waals surface area (Å²) in [5, 5.41) is 10.3. The van der Waals surface area contributed by atoms with Gasteiger partial charge in [0.1, 0.15) is 5.76 Å². The largest absolute Gasteiger partial charge is 0.466 e. The minimum atomic E-state index is -0.599. The monoisotopic (exact) mass is 279 g/mol. The molecule has 0 atom stereocenters. The van der Waals surface area contributed by atoms with Gasteiger partial charge in [0.15, 0.2) is 5.17 Å². The smallest absolute Gasteiger partial charge is 0.331 e. The van der Waals surface area contributed by atoms with Crippen molar-refractivity contribution in [1.82, 2.24) is 5.32 Å². The standard InChI is InChI=1S/C11H9N3O4S/c1-17-9(15)5-8-10(16)13-11(19-8)14-12-6-7-3-2-4-18-7/h2-6H,1H3,(H,13,14,16)/b8-5+,12-6?. The molecule has 98 valence electrons. The van der Waals surface area contributed by atoms with Gasteiger partial charge in [-0.05, 0) is 23.9 Å². The first-order valence-electron chi connectivity index (χ1n) is 5.12. The SMILES string of the molecule is COC(=O)/C=C1/S/C(=N/N=Cc2ccco2)NC1=O. The Kier molecular flexibility index (Phi) is 4.14. The Hall–Kier alpha value is -2.35. The predicted octanol–water partition coefficient (Wildman–Crippen LogP) is 0.889. The summed E-state index contributed by atoms with van der Waals surface area (Å²) in [6.45, 7) is 0. The summed E-state index contributed by atoms with van der Waals surface area (Å²) in [7, 11) is 1.24. The molecule has 2 rings (SSSR count). The molecule has 1 N–H and O–H groups in total. The molecule has 1 aliphatic rings. The van der Waals surface area contributed by atoms with Gasteiger partial charge in [-0.1, -0.05) is 0 Å². The van der Waals surface area contributed by atoms with Gasteiger partial charge >= 0.3 is 5.97 Å². The Morgan fingerprint density at radius 2 is 2.42 bits per heavy atom. The number of thioether (sulfide) groups is 1. The molecule has 0 aromatic carbocycles. The lowest BCUT2D eigenvalue weighted by Crippen LogP contribution is -2.19. The van der Waals surface area contributed by atoms with Gasteiger partial charge in [-0.3, -0.25) is 10.1 Å². The third-order valence-corrected chi connectivity index (χ3v) is 2.88. The first-order valence-corrected chi connectivity index (χ1v) is 5.94. The maximum Gasteiger partial charge on any atom is 0.331 e. The van der Waals surface area contributed by atoms with Crippen LogP contribution in [0.15, 0.2) is 44.0 Å². The molecule has 0 unspecified atom stereocenters. The molecule has 1 aromatic rings. The Labute approximate surface area is 112 Å². The minimum absolute atomic E-state index is 0.207. The highest BCUT2D eigenvalue weighted by Gasteiger charge is 2.24. The Bertz CT molecular complexity index is 575. The summed E-state index contributed by atoms with van der Waals surface area (Å²) in [5.74, 6) is -0.468. The molecule has 2 heterocycles. The number of rotatable bonds is 3. The van der Waals surface area contributed by atoms with E-state index in [0.29, 0.717) is 5.76 Å². The van der Waals surface area contributed by atoms with E-state index in [1.807, 2.05) is 0 Å². The molecular weight excluding hydrogens is 270 g/mol. The summed E-state index contributed by atoms with van der Waals surface area (Å²) >= 11 is 1.00. The van der Waals surface area contributed by atoms with E-state index < -0.39 is 11.9 Å². The van der Waals surface area contributed by atoms with Crippen LogP contribution in [0.2, 0.25) is 0 Å². The molecule has 1 amide bonds. The van der Waals surface area contributed by atoms with Gasteiger partial charge in [-0.2, -0.15) is 5.10 Å². The second-order valence-corrected chi connectivity index (χ2v) is 4.28. The third kappa shape index (κ3) is 3.55. The van der Waals surface area contributed by atoms with Crippen LogP contribution in [-0.2, 0) is 14.3 Å². The molecule has 0 spiro atoms. The predicted molar refractivity (Wildman–Crippen MR) is 69.6 cm³/mol. The van der Waals surface area contributed by atoms with Crippen molar-refractivity contribution < 1.29 is 18.7 Å². The summed E-state index contributed by atoms with van der Waals surface area (Å²) in [6, 6.07) is 3.43. The number of nitrogens with one attached hydrogen (secondary N) is 1. The van der Waals surface area contributed by atoms with Crippen molar-refractivity contribution in [3.63, 3.8) is 0 Å². The number of esters is 1. The number of hydrogen-bond acceptors (Lipinski definition) is 7. The van der Waals surface area contributed by atoms with Crippen LogP contribution in [0.4, 0.5) is 0 Å².